The number of rotatable bonds is 3. The van der Waals surface area contributed by atoms with Gasteiger partial charge in [0.15, 0.2) is 5.57 Å². The van der Waals surface area contributed by atoms with Crippen LogP contribution in [0.3, 0.4) is 0 Å². The molecule has 0 saturated heterocycles. The van der Waals surface area contributed by atoms with Crippen LogP contribution < -0.4 is 14.8 Å². The summed E-state index contributed by atoms with van der Waals surface area (Å²) in [7, 11) is 0. The Labute approximate surface area is 167 Å². The molecule has 0 atom stereocenters. The van der Waals surface area contributed by atoms with Crippen molar-refractivity contribution in [2.45, 2.75) is 12.7 Å². The van der Waals surface area contributed by atoms with Crippen molar-refractivity contribution in [2.75, 3.05) is 0 Å². The van der Waals surface area contributed by atoms with E-state index in [2.05, 4.69) is 0 Å². The van der Waals surface area contributed by atoms with Gasteiger partial charge in [0.1, 0.15) is 16.8 Å². The molecule has 0 bridgehead atoms. The molecule has 0 unspecified atom stereocenters. The fraction of sp³-hybridized carbons (Fsp3) is 0.0952. The van der Waals surface area contributed by atoms with Gasteiger partial charge >= 0.3 is 6.18 Å². The summed E-state index contributed by atoms with van der Waals surface area (Å²) in [4.78, 5) is 12.9. The maximum atomic E-state index is 13.3. The monoisotopic (exact) mass is 411 g/mol. The van der Waals surface area contributed by atoms with Crippen LogP contribution in [0.25, 0.3) is 11.6 Å². The number of nitriles is 2. The van der Waals surface area contributed by atoms with Gasteiger partial charge in [0.2, 0.25) is 0 Å². The second-order valence-corrected chi connectivity index (χ2v) is 7.01. The molecule has 4 nitrogen and oxygen atoms in total. The summed E-state index contributed by atoms with van der Waals surface area (Å²) in [6, 6.07) is 17.3. The Hall–Kier alpha value is -3.62. The van der Waals surface area contributed by atoms with Crippen LogP contribution in [0.5, 0.6) is 0 Å². The van der Waals surface area contributed by atoms with E-state index in [0.29, 0.717) is 0 Å². The van der Waals surface area contributed by atoms with Gasteiger partial charge in [0.05, 0.1) is 16.6 Å². The predicted molar refractivity (Wildman–Crippen MR) is 103 cm³/mol. The van der Waals surface area contributed by atoms with Crippen LogP contribution in [0.2, 0.25) is 0 Å². The zero-order valence-corrected chi connectivity index (χ0v) is 15.6. The van der Waals surface area contributed by atoms with Gasteiger partial charge in [0.25, 0.3) is 5.56 Å². The highest BCUT2D eigenvalue weighted by atomic mass is 32.1. The highest BCUT2D eigenvalue weighted by Gasteiger charge is 2.32. The van der Waals surface area contributed by atoms with Gasteiger partial charge < -0.3 is 0 Å². The first kappa shape index (κ1) is 20.1. The molecule has 8 heteroatoms. The molecule has 0 radical (unpaired) electrons. The number of benzene rings is 2. The lowest BCUT2D eigenvalue weighted by Gasteiger charge is -2.09. The molecular weight excluding hydrogens is 399 g/mol. The molecule has 0 saturated carbocycles. The van der Waals surface area contributed by atoms with Crippen molar-refractivity contribution >= 4 is 23.0 Å². The number of halogens is 3. The maximum Gasteiger partial charge on any atom is 0.416 e. The highest BCUT2D eigenvalue weighted by molar-refractivity contribution is 7.07. The van der Waals surface area contributed by atoms with Crippen LogP contribution in [-0.2, 0) is 12.7 Å². The molecule has 0 spiro atoms. The van der Waals surface area contributed by atoms with Gasteiger partial charge in [0, 0.05) is 0 Å². The zero-order chi connectivity index (χ0) is 21.0. The molecular formula is C21H12F3N3OS. The molecule has 1 aromatic heterocycles. The van der Waals surface area contributed by atoms with Crippen molar-refractivity contribution in [1.29, 1.82) is 10.5 Å². The van der Waals surface area contributed by atoms with Crippen LogP contribution in [0.15, 0.2) is 59.4 Å². The first-order chi connectivity index (χ1) is 13.8. The minimum Gasteiger partial charge on any atom is -0.293 e. The van der Waals surface area contributed by atoms with Crippen molar-refractivity contribution in [3.05, 3.63) is 90.8 Å². The lowest BCUT2D eigenvalue weighted by Crippen LogP contribution is -2.32. The lowest BCUT2D eigenvalue weighted by molar-refractivity contribution is -0.137. The first-order valence-corrected chi connectivity index (χ1v) is 9.13. The van der Waals surface area contributed by atoms with Crippen LogP contribution in [0.4, 0.5) is 13.2 Å². The molecule has 0 amide bonds. The SMILES string of the molecule is N#CC(C#N)=c1s/c(=C\c2ccccc2C(F)(F)F)c(=O)n1Cc1ccccc1. The van der Waals surface area contributed by atoms with E-state index >= 15 is 0 Å². The first-order valence-electron chi connectivity index (χ1n) is 8.31. The molecule has 0 fully saturated rings. The number of hydrogen-bond acceptors (Lipinski definition) is 4. The van der Waals surface area contributed by atoms with E-state index in [0.717, 1.165) is 29.0 Å². The third kappa shape index (κ3) is 4.29. The maximum absolute atomic E-state index is 13.3. The van der Waals surface area contributed by atoms with E-state index in [1.165, 1.54) is 22.8 Å². The Morgan fingerprint density at radius 3 is 2.28 bits per heavy atom. The Morgan fingerprint density at radius 2 is 1.66 bits per heavy atom. The number of nitrogens with zero attached hydrogens (tertiary/aromatic N) is 3. The van der Waals surface area contributed by atoms with Gasteiger partial charge in [-0.25, -0.2) is 0 Å². The topological polar surface area (TPSA) is 69.6 Å². The van der Waals surface area contributed by atoms with Gasteiger partial charge in [-0.15, -0.1) is 11.3 Å². The third-order valence-corrected chi connectivity index (χ3v) is 5.21. The van der Waals surface area contributed by atoms with Gasteiger partial charge in [-0.1, -0.05) is 48.5 Å². The van der Waals surface area contributed by atoms with E-state index in [4.69, 9.17) is 0 Å². The minimum atomic E-state index is -4.58. The van der Waals surface area contributed by atoms with Crippen molar-refractivity contribution in [3.8, 4) is 12.1 Å². The van der Waals surface area contributed by atoms with E-state index < -0.39 is 17.3 Å². The highest BCUT2D eigenvalue weighted by Crippen LogP contribution is 2.32. The Balaban J connectivity index is 2.30. The number of aromatic nitrogens is 1. The van der Waals surface area contributed by atoms with E-state index in [1.54, 1.807) is 42.5 Å². The third-order valence-electron chi connectivity index (χ3n) is 4.08. The average Bonchev–Trinajstić information content (AvgIpc) is 2.99. The van der Waals surface area contributed by atoms with E-state index in [9.17, 15) is 28.5 Å². The van der Waals surface area contributed by atoms with Gasteiger partial charge in [-0.2, -0.15) is 23.7 Å². The molecule has 0 aliphatic carbocycles. The fourth-order valence-electron chi connectivity index (χ4n) is 2.76. The van der Waals surface area contributed by atoms with E-state index in [-0.39, 0.29) is 26.9 Å². The summed E-state index contributed by atoms with van der Waals surface area (Å²) < 4.78 is 41.2. The normalized spacial score (nSPS) is 11.7. The summed E-state index contributed by atoms with van der Waals surface area (Å²) >= 11 is 0.822. The van der Waals surface area contributed by atoms with Crippen molar-refractivity contribution in [3.63, 3.8) is 0 Å². The van der Waals surface area contributed by atoms with Crippen LogP contribution in [0.1, 0.15) is 16.7 Å². The van der Waals surface area contributed by atoms with Crippen molar-refractivity contribution < 1.29 is 13.2 Å². The molecule has 0 aliphatic heterocycles. The predicted octanol–water partition coefficient (Wildman–Crippen LogP) is 3.00. The summed E-state index contributed by atoms with van der Waals surface area (Å²) in [6.45, 7) is 0.0904. The van der Waals surface area contributed by atoms with Crippen molar-refractivity contribution in [1.82, 2.24) is 4.57 Å². The molecule has 144 valence electrons. The quantitative estimate of drug-likeness (QED) is 0.665. The molecule has 3 aromatic rings. The molecule has 1 heterocycles. The van der Waals surface area contributed by atoms with Gasteiger partial charge in [-0.05, 0) is 23.3 Å². The summed E-state index contributed by atoms with van der Waals surface area (Å²) in [5.41, 5.74) is -1.10. The number of thiazole rings is 1. The number of hydrogen-bond donors (Lipinski definition) is 0. The van der Waals surface area contributed by atoms with Gasteiger partial charge in [-0.3, -0.25) is 9.36 Å². The molecule has 0 N–H and O–H groups in total. The summed E-state index contributed by atoms with van der Waals surface area (Å²) in [5.74, 6) is 0. The zero-order valence-electron chi connectivity index (χ0n) is 14.8. The van der Waals surface area contributed by atoms with Crippen molar-refractivity contribution in [2.24, 2.45) is 0 Å². The Bertz CT molecular complexity index is 1290. The van der Waals surface area contributed by atoms with Crippen LogP contribution in [-0.4, -0.2) is 4.57 Å². The van der Waals surface area contributed by atoms with Crippen LogP contribution >= 0.6 is 11.3 Å². The second-order valence-electron chi connectivity index (χ2n) is 5.98. The van der Waals surface area contributed by atoms with Crippen LogP contribution in [0, 0.1) is 22.7 Å². The molecule has 29 heavy (non-hydrogen) atoms. The second kappa shape index (κ2) is 8.17. The fourth-order valence-corrected chi connectivity index (χ4v) is 3.80. The number of alkyl halides is 3. The smallest absolute Gasteiger partial charge is 0.293 e. The summed E-state index contributed by atoms with van der Waals surface area (Å²) in [5, 5.41) is 18.5. The molecule has 3 rings (SSSR count). The molecule has 0 aliphatic rings. The Morgan fingerprint density at radius 1 is 1.03 bits per heavy atom. The standard InChI is InChI=1S/C21H12F3N3OS/c22-21(23,24)17-9-5-4-8-15(17)10-18-19(28)27(13-14-6-2-1-3-7-14)20(29-18)16(11-25)12-26/h1-10H,13H2/b18-10-. The Kier molecular flexibility index (Phi) is 5.67. The summed E-state index contributed by atoms with van der Waals surface area (Å²) in [6.07, 6.45) is -3.43. The average molecular weight is 411 g/mol. The largest absolute Gasteiger partial charge is 0.416 e. The minimum absolute atomic E-state index is 0.00984. The molecule has 2 aromatic carbocycles. The van der Waals surface area contributed by atoms with E-state index in [1.807, 2.05) is 0 Å². The lowest BCUT2D eigenvalue weighted by atomic mass is 10.1.